The van der Waals surface area contributed by atoms with E-state index in [2.05, 4.69) is 11.9 Å². The first-order chi connectivity index (χ1) is 10.3. The first-order valence-corrected chi connectivity index (χ1v) is 8.43. The number of carbonyl (C=O) groups excluding carboxylic acids is 2. The van der Waals surface area contributed by atoms with Gasteiger partial charge >= 0.3 is 0 Å². The third-order valence-electron chi connectivity index (χ3n) is 5.43. The number of rotatable bonds is 7. The quantitative estimate of drug-likeness (QED) is 0.445. The van der Waals surface area contributed by atoms with Gasteiger partial charge in [-0.2, -0.15) is 0 Å². The molecule has 1 saturated carbocycles. The minimum Gasteiger partial charge on any atom is -0.755 e. The van der Waals surface area contributed by atoms with E-state index in [4.69, 9.17) is 0 Å². The van der Waals surface area contributed by atoms with Crippen molar-refractivity contribution in [3.63, 3.8) is 0 Å². The Bertz CT molecular complexity index is 551. The summed E-state index contributed by atoms with van der Waals surface area (Å²) in [6.07, 6.45) is 1.89. The maximum absolute atomic E-state index is 12.8. The zero-order valence-electron chi connectivity index (χ0n) is 15.1. The molecule has 7 nitrogen and oxygen atoms in total. The molecule has 24 heavy (non-hydrogen) atoms. The van der Waals surface area contributed by atoms with Crippen LogP contribution in [0.3, 0.4) is 0 Å². The average molecular weight is 433 g/mol. The number of amides is 2. The minimum absolute atomic E-state index is 0. The Morgan fingerprint density at radius 3 is 2.17 bits per heavy atom. The third-order valence-corrected chi connectivity index (χ3v) is 5.78. The first kappa shape index (κ1) is 23.9. The van der Waals surface area contributed by atoms with Gasteiger partial charge < -0.3 is 14.8 Å². The van der Waals surface area contributed by atoms with Crippen LogP contribution in [0.2, 0.25) is 0 Å². The fraction of sp³-hybridized carbons (Fsp3) is 0.733. The Balaban J connectivity index is 0.00000529. The summed E-state index contributed by atoms with van der Waals surface area (Å²) < 4.78 is 23.3. The van der Waals surface area contributed by atoms with Crippen LogP contribution in [0.15, 0.2) is 12.7 Å². The van der Waals surface area contributed by atoms with E-state index in [0.29, 0.717) is 6.42 Å². The molecule has 1 aliphatic rings. The molecule has 2 amide bonds. The Morgan fingerprint density at radius 2 is 1.83 bits per heavy atom. The van der Waals surface area contributed by atoms with E-state index in [1.165, 1.54) is 0 Å². The number of carbonyl (C=O) groups is 2. The molecule has 0 heterocycles. The van der Waals surface area contributed by atoms with Crippen LogP contribution in [0.4, 0.5) is 0 Å². The van der Waals surface area contributed by atoms with Gasteiger partial charge in [0.2, 0.25) is 5.91 Å². The molecule has 0 saturated heterocycles. The van der Waals surface area contributed by atoms with Crippen LogP contribution in [-0.2, 0) is 53.6 Å². The average Bonchev–Trinajstić information content (AvgIpc) is 3.12. The summed E-state index contributed by atoms with van der Waals surface area (Å²) in [6, 6.07) is 0. The molecule has 2 N–H and O–H groups in total. The van der Waals surface area contributed by atoms with Gasteiger partial charge in [0.25, 0.3) is 5.91 Å². The maximum atomic E-state index is 12.8. The smallest absolute Gasteiger partial charge is 0.257 e. The Morgan fingerprint density at radius 1 is 1.33 bits per heavy atom. The number of nitrogens with zero attached hydrogens (tertiary/aromatic N) is 1. The van der Waals surface area contributed by atoms with Crippen LogP contribution in [0.25, 0.3) is 0 Å². The fourth-order valence-electron chi connectivity index (χ4n) is 2.40. The SMILES string of the molecule is C=C[C@@H]1C[C@]1(NC(=O)C(C)(C)C(C)(C)N(C)C)C(=O)NS(=O)[O-].[Y]. The summed E-state index contributed by atoms with van der Waals surface area (Å²) >= 11 is -2.72. The fourth-order valence-corrected chi connectivity index (χ4v) is 2.73. The van der Waals surface area contributed by atoms with Gasteiger partial charge in [-0.15, -0.1) is 6.58 Å². The second kappa shape index (κ2) is 8.04. The molecule has 1 radical (unpaired) electrons. The predicted molar refractivity (Wildman–Crippen MR) is 87.8 cm³/mol. The van der Waals surface area contributed by atoms with Gasteiger partial charge in [0.05, 0.1) is 5.41 Å². The standard InChI is InChI=1S/C15H27N3O4S.Y/c1-8-10-9-15(10,12(20)17-23(21)22)16-11(19)13(2,3)14(4,5)18(6)7;/h8,10H,1,9H2,2-7H3,(H,16,19)(H,17,20)(H,21,22);/p-1/t10-,15-;/m1./s1. The van der Waals surface area contributed by atoms with Crippen molar-refractivity contribution >= 4 is 23.1 Å². The van der Waals surface area contributed by atoms with E-state index in [1.807, 2.05) is 37.6 Å². The van der Waals surface area contributed by atoms with E-state index in [1.54, 1.807) is 19.9 Å². The number of hydrogen-bond acceptors (Lipinski definition) is 5. The summed E-state index contributed by atoms with van der Waals surface area (Å²) in [7, 11) is 3.75. The molecule has 0 aliphatic heterocycles. The van der Waals surface area contributed by atoms with Gasteiger partial charge in [-0.3, -0.25) is 18.5 Å². The number of hydrogen-bond donors (Lipinski definition) is 2. The predicted octanol–water partition coefficient (Wildman–Crippen LogP) is 0.322. The van der Waals surface area contributed by atoms with Gasteiger partial charge in [-0.25, -0.2) is 0 Å². The van der Waals surface area contributed by atoms with Crippen molar-refractivity contribution in [1.82, 2.24) is 14.9 Å². The van der Waals surface area contributed by atoms with Crippen LogP contribution in [0.1, 0.15) is 34.1 Å². The van der Waals surface area contributed by atoms with Crippen LogP contribution in [-0.4, -0.2) is 50.6 Å². The van der Waals surface area contributed by atoms with Crippen molar-refractivity contribution in [3.05, 3.63) is 12.7 Å². The number of nitrogens with one attached hydrogen (secondary N) is 2. The second-order valence-corrected chi connectivity index (χ2v) is 7.89. The Labute approximate surface area is 171 Å². The zero-order chi connectivity index (χ0) is 18.2. The van der Waals surface area contributed by atoms with Gasteiger partial charge in [-0.1, -0.05) is 6.08 Å². The summed E-state index contributed by atoms with van der Waals surface area (Å²) in [4.78, 5) is 26.9. The molecule has 1 aliphatic carbocycles. The van der Waals surface area contributed by atoms with Crippen LogP contribution in [0.5, 0.6) is 0 Å². The Kier molecular flexibility index (Phi) is 7.99. The monoisotopic (exact) mass is 433 g/mol. The zero-order valence-corrected chi connectivity index (χ0v) is 18.8. The van der Waals surface area contributed by atoms with Crippen molar-refractivity contribution in [2.24, 2.45) is 11.3 Å². The third kappa shape index (κ3) is 4.33. The van der Waals surface area contributed by atoms with E-state index in [0.717, 1.165) is 0 Å². The van der Waals surface area contributed by atoms with E-state index in [-0.39, 0.29) is 44.5 Å². The van der Waals surface area contributed by atoms with Crippen molar-refractivity contribution < 1.29 is 51.1 Å². The first-order valence-electron chi connectivity index (χ1n) is 7.36. The van der Waals surface area contributed by atoms with E-state index < -0.39 is 33.7 Å². The molecule has 1 fully saturated rings. The molecule has 0 aromatic heterocycles. The molecule has 1 unspecified atom stereocenters. The molecule has 1 rings (SSSR count). The largest absolute Gasteiger partial charge is 0.755 e. The molecule has 0 spiro atoms. The second-order valence-electron chi connectivity index (χ2n) is 7.22. The molecular formula is C15H26N3O4SY-. The molecule has 0 aromatic rings. The van der Waals surface area contributed by atoms with E-state index in [9.17, 15) is 18.4 Å². The van der Waals surface area contributed by atoms with Crippen molar-refractivity contribution in [3.8, 4) is 0 Å². The summed E-state index contributed by atoms with van der Waals surface area (Å²) in [5.41, 5.74) is -2.53. The molecule has 0 bridgehead atoms. The van der Waals surface area contributed by atoms with Crippen molar-refractivity contribution in [2.45, 2.75) is 45.2 Å². The molecule has 3 atom stereocenters. The molecular weight excluding hydrogens is 407 g/mol. The molecule has 0 aromatic carbocycles. The van der Waals surface area contributed by atoms with Gasteiger partial charge in [0.1, 0.15) is 5.54 Å². The van der Waals surface area contributed by atoms with Gasteiger partial charge in [-0.05, 0) is 48.2 Å². The summed E-state index contributed by atoms with van der Waals surface area (Å²) in [5, 5.41) is 2.75. The topological polar surface area (TPSA) is 102 Å². The van der Waals surface area contributed by atoms with Gasteiger partial charge in [0, 0.05) is 55.4 Å². The Hall–Kier alpha value is -0.146. The summed E-state index contributed by atoms with van der Waals surface area (Å²) in [6.45, 7) is 11.1. The van der Waals surface area contributed by atoms with Crippen LogP contribution >= 0.6 is 0 Å². The van der Waals surface area contributed by atoms with Gasteiger partial charge in [0.15, 0.2) is 0 Å². The molecule has 135 valence electrons. The minimum atomic E-state index is -2.72. The maximum Gasteiger partial charge on any atom is 0.257 e. The van der Waals surface area contributed by atoms with Crippen LogP contribution in [0, 0.1) is 11.3 Å². The van der Waals surface area contributed by atoms with E-state index >= 15 is 0 Å². The normalized spacial score (nSPS) is 24.6. The molecule has 9 heteroatoms. The van der Waals surface area contributed by atoms with Crippen molar-refractivity contribution in [2.75, 3.05) is 14.1 Å². The van der Waals surface area contributed by atoms with Crippen LogP contribution < -0.4 is 10.0 Å². The summed E-state index contributed by atoms with van der Waals surface area (Å²) in [5.74, 6) is -1.33. The van der Waals surface area contributed by atoms with Crippen molar-refractivity contribution in [1.29, 1.82) is 0 Å².